The van der Waals surface area contributed by atoms with Crippen molar-refractivity contribution in [2.24, 2.45) is 0 Å². The fourth-order valence-corrected chi connectivity index (χ4v) is 2.39. The quantitative estimate of drug-likeness (QED) is 0.788. The molecule has 1 aromatic carbocycles. The van der Waals surface area contributed by atoms with Gasteiger partial charge >= 0.3 is 0 Å². The highest BCUT2D eigenvalue weighted by Crippen LogP contribution is 2.26. The molecule has 1 heterocycles. The van der Waals surface area contributed by atoms with Gasteiger partial charge in [0.2, 0.25) is 5.91 Å². The van der Waals surface area contributed by atoms with Crippen molar-refractivity contribution < 1.29 is 4.79 Å². The van der Waals surface area contributed by atoms with Crippen LogP contribution in [0.25, 0.3) is 0 Å². The molecular formula is C16H25N3O. The Hall–Kier alpha value is -1.55. The van der Waals surface area contributed by atoms with Crippen LogP contribution in [-0.2, 0) is 17.8 Å². The Balaban J connectivity index is 1.92. The third kappa shape index (κ3) is 3.73. The molecule has 0 saturated heterocycles. The maximum atomic E-state index is 12.0. The Labute approximate surface area is 121 Å². The summed E-state index contributed by atoms with van der Waals surface area (Å²) in [7, 11) is 0. The van der Waals surface area contributed by atoms with Crippen LogP contribution in [0.15, 0.2) is 18.2 Å². The van der Waals surface area contributed by atoms with Gasteiger partial charge in [-0.3, -0.25) is 4.79 Å². The zero-order valence-corrected chi connectivity index (χ0v) is 12.8. The van der Waals surface area contributed by atoms with Crippen LogP contribution in [0.1, 0.15) is 38.8 Å². The number of carbonyl (C=O) groups is 1. The lowest BCUT2D eigenvalue weighted by molar-refractivity contribution is -0.124. The summed E-state index contributed by atoms with van der Waals surface area (Å²) < 4.78 is 0. The number of amides is 1. The number of para-hydroxylation sites is 1. The summed E-state index contributed by atoms with van der Waals surface area (Å²) in [5.41, 5.74) is 3.65. The molecule has 0 spiro atoms. The van der Waals surface area contributed by atoms with Crippen molar-refractivity contribution in [3.63, 3.8) is 0 Å². The number of benzene rings is 1. The lowest BCUT2D eigenvalue weighted by Gasteiger charge is -2.24. The van der Waals surface area contributed by atoms with E-state index in [4.69, 9.17) is 0 Å². The molecule has 1 atom stereocenters. The molecule has 1 aliphatic heterocycles. The van der Waals surface area contributed by atoms with Gasteiger partial charge in [0, 0.05) is 24.3 Å². The van der Waals surface area contributed by atoms with Gasteiger partial charge in [-0.1, -0.05) is 18.2 Å². The summed E-state index contributed by atoms with van der Waals surface area (Å²) in [6.45, 7) is 9.59. The highest BCUT2D eigenvalue weighted by molar-refractivity contribution is 5.81. The van der Waals surface area contributed by atoms with Gasteiger partial charge in [0.05, 0.1) is 6.04 Å². The van der Waals surface area contributed by atoms with Crippen molar-refractivity contribution in [3.05, 3.63) is 29.3 Å². The molecule has 0 aliphatic carbocycles. The minimum absolute atomic E-state index is 0.0398. The van der Waals surface area contributed by atoms with E-state index in [2.05, 4.69) is 34.1 Å². The van der Waals surface area contributed by atoms with Crippen molar-refractivity contribution in [2.75, 3.05) is 11.9 Å². The molecule has 20 heavy (non-hydrogen) atoms. The van der Waals surface area contributed by atoms with Crippen molar-refractivity contribution in [1.82, 2.24) is 10.6 Å². The molecular weight excluding hydrogens is 250 g/mol. The van der Waals surface area contributed by atoms with E-state index in [1.165, 1.54) is 16.8 Å². The average molecular weight is 275 g/mol. The summed E-state index contributed by atoms with van der Waals surface area (Å²) in [6.07, 6.45) is 1.09. The predicted octanol–water partition coefficient (Wildman–Crippen LogP) is 2.05. The molecule has 2 rings (SSSR count). The van der Waals surface area contributed by atoms with Crippen molar-refractivity contribution in [3.8, 4) is 0 Å². The second-order valence-electron chi connectivity index (χ2n) is 6.47. The van der Waals surface area contributed by atoms with Gasteiger partial charge < -0.3 is 16.0 Å². The Morgan fingerprint density at radius 1 is 1.40 bits per heavy atom. The van der Waals surface area contributed by atoms with Crippen LogP contribution in [-0.4, -0.2) is 24.0 Å². The van der Waals surface area contributed by atoms with E-state index < -0.39 is 0 Å². The van der Waals surface area contributed by atoms with E-state index in [1.807, 2.05) is 27.7 Å². The second-order valence-corrected chi connectivity index (χ2v) is 6.47. The van der Waals surface area contributed by atoms with Gasteiger partial charge in [-0.25, -0.2) is 0 Å². The van der Waals surface area contributed by atoms with Crippen molar-refractivity contribution >= 4 is 11.6 Å². The summed E-state index contributed by atoms with van der Waals surface area (Å²) in [5.74, 6) is 0.0398. The summed E-state index contributed by atoms with van der Waals surface area (Å²) in [5, 5.41) is 9.71. The smallest absolute Gasteiger partial charge is 0.237 e. The van der Waals surface area contributed by atoms with Gasteiger partial charge in [-0.05, 0) is 45.2 Å². The molecule has 0 bridgehead atoms. The van der Waals surface area contributed by atoms with Crippen LogP contribution in [0, 0.1) is 0 Å². The molecule has 1 unspecified atom stereocenters. The third-order valence-electron chi connectivity index (χ3n) is 3.42. The van der Waals surface area contributed by atoms with Crippen LogP contribution in [0.4, 0.5) is 5.69 Å². The van der Waals surface area contributed by atoms with Crippen LogP contribution in [0.2, 0.25) is 0 Å². The standard InChI is InChI=1S/C16H25N3O/c1-11(15(20)19-16(2,3)4)18-10-13-7-5-6-12-8-9-17-14(12)13/h5-7,11,17-18H,8-10H2,1-4H3,(H,19,20). The zero-order valence-electron chi connectivity index (χ0n) is 12.8. The largest absolute Gasteiger partial charge is 0.384 e. The van der Waals surface area contributed by atoms with Crippen LogP contribution in [0.3, 0.4) is 0 Å². The topological polar surface area (TPSA) is 53.2 Å². The Morgan fingerprint density at radius 2 is 2.15 bits per heavy atom. The summed E-state index contributed by atoms with van der Waals surface area (Å²) in [6, 6.07) is 6.15. The van der Waals surface area contributed by atoms with Gasteiger partial charge in [0.15, 0.2) is 0 Å². The van der Waals surface area contributed by atoms with Gasteiger partial charge in [-0.2, -0.15) is 0 Å². The number of nitrogens with one attached hydrogen (secondary N) is 3. The number of anilines is 1. The molecule has 0 radical (unpaired) electrons. The van der Waals surface area contributed by atoms with Gasteiger partial charge in [0.1, 0.15) is 0 Å². The van der Waals surface area contributed by atoms with E-state index >= 15 is 0 Å². The fourth-order valence-electron chi connectivity index (χ4n) is 2.39. The Kier molecular flexibility index (Phi) is 4.33. The third-order valence-corrected chi connectivity index (χ3v) is 3.42. The zero-order chi connectivity index (χ0) is 14.8. The first-order valence-electron chi connectivity index (χ1n) is 7.27. The first-order chi connectivity index (χ1) is 9.37. The Morgan fingerprint density at radius 3 is 2.85 bits per heavy atom. The monoisotopic (exact) mass is 275 g/mol. The van der Waals surface area contributed by atoms with Gasteiger partial charge in [0.25, 0.3) is 0 Å². The Bertz CT molecular complexity index is 491. The van der Waals surface area contributed by atoms with E-state index in [0.717, 1.165) is 13.0 Å². The maximum absolute atomic E-state index is 12.0. The second kappa shape index (κ2) is 5.83. The first kappa shape index (κ1) is 14.9. The highest BCUT2D eigenvalue weighted by atomic mass is 16.2. The molecule has 0 aromatic heterocycles. The van der Waals surface area contributed by atoms with Crippen LogP contribution >= 0.6 is 0 Å². The molecule has 110 valence electrons. The highest BCUT2D eigenvalue weighted by Gasteiger charge is 2.19. The van der Waals surface area contributed by atoms with Crippen LogP contribution in [0.5, 0.6) is 0 Å². The molecule has 0 saturated carbocycles. The fraction of sp³-hybridized carbons (Fsp3) is 0.562. The molecule has 4 heteroatoms. The molecule has 1 aromatic rings. The molecule has 3 N–H and O–H groups in total. The lowest BCUT2D eigenvalue weighted by Crippen LogP contribution is -2.49. The van der Waals surface area contributed by atoms with E-state index in [0.29, 0.717) is 6.54 Å². The predicted molar refractivity (Wildman–Crippen MR) is 82.8 cm³/mol. The van der Waals surface area contributed by atoms with Crippen LogP contribution < -0.4 is 16.0 Å². The first-order valence-corrected chi connectivity index (χ1v) is 7.27. The molecule has 1 amide bonds. The van der Waals surface area contributed by atoms with E-state index in [-0.39, 0.29) is 17.5 Å². The number of rotatable bonds is 4. The average Bonchev–Trinajstić information content (AvgIpc) is 2.82. The van der Waals surface area contributed by atoms with Gasteiger partial charge in [-0.15, -0.1) is 0 Å². The SMILES string of the molecule is CC(NCc1cccc2c1NCC2)C(=O)NC(C)(C)C. The minimum atomic E-state index is -0.202. The van der Waals surface area contributed by atoms with E-state index in [9.17, 15) is 4.79 Å². The number of fused-ring (bicyclic) bond motifs is 1. The van der Waals surface area contributed by atoms with E-state index in [1.54, 1.807) is 0 Å². The maximum Gasteiger partial charge on any atom is 0.237 e. The summed E-state index contributed by atoms with van der Waals surface area (Å²) in [4.78, 5) is 12.0. The van der Waals surface area contributed by atoms with Crippen molar-refractivity contribution in [1.29, 1.82) is 0 Å². The normalized spacial score (nSPS) is 15.4. The molecule has 0 fully saturated rings. The molecule has 4 nitrogen and oxygen atoms in total. The summed E-state index contributed by atoms with van der Waals surface area (Å²) >= 11 is 0. The number of carbonyl (C=O) groups excluding carboxylic acids is 1. The number of hydrogen-bond acceptors (Lipinski definition) is 3. The number of hydrogen-bond donors (Lipinski definition) is 3. The lowest BCUT2D eigenvalue weighted by atomic mass is 10.1. The molecule has 1 aliphatic rings. The minimum Gasteiger partial charge on any atom is -0.384 e. The van der Waals surface area contributed by atoms with Crippen molar-refractivity contribution in [2.45, 2.75) is 52.2 Å².